The van der Waals surface area contributed by atoms with Gasteiger partial charge < -0.3 is 14.6 Å². The van der Waals surface area contributed by atoms with Gasteiger partial charge >= 0.3 is 0 Å². The molecule has 0 atom stereocenters. The van der Waals surface area contributed by atoms with Crippen LogP contribution in [0.15, 0.2) is 41.0 Å². The lowest BCUT2D eigenvalue weighted by atomic mass is 9.97. The molecule has 134 valence electrons. The van der Waals surface area contributed by atoms with Crippen LogP contribution in [0, 0.1) is 5.92 Å². The molecular formula is C19H25N3O2S. The minimum Gasteiger partial charge on any atom is -0.444 e. The number of amides is 1. The van der Waals surface area contributed by atoms with Crippen molar-refractivity contribution in [3.8, 4) is 11.5 Å². The van der Waals surface area contributed by atoms with E-state index < -0.39 is 0 Å². The van der Waals surface area contributed by atoms with Crippen molar-refractivity contribution in [2.24, 2.45) is 5.92 Å². The second-order valence-electron chi connectivity index (χ2n) is 6.38. The maximum Gasteiger partial charge on any atom is 0.232 e. The Morgan fingerprint density at radius 3 is 2.80 bits per heavy atom. The Hall–Kier alpha value is -1.79. The number of nitrogens with one attached hydrogen (secondary N) is 1. The molecule has 1 N–H and O–H groups in total. The number of piperidine rings is 1. The zero-order chi connectivity index (χ0) is 17.5. The molecule has 0 saturated carbocycles. The van der Waals surface area contributed by atoms with Gasteiger partial charge in [-0.05, 0) is 44.5 Å². The fraction of sp³-hybridized carbons (Fsp3) is 0.474. The molecule has 1 saturated heterocycles. The average molecular weight is 359 g/mol. The molecule has 2 heterocycles. The highest BCUT2D eigenvalue weighted by atomic mass is 32.2. The van der Waals surface area contributed by atoms with Crippen molar-refractivity contribution >= 4 is 17.7 Å². The SMILES string of the molecule is CNCC1CCN(C(=O)CSCc2coc(-c3ccccc3)n2)CC1. The van der Waals surface area contributed by atoms with E-state index in [4.69, 9.17) is 4.42 Å². The molecule has 1 aromatic carbocycles. The topological polar surface area (TPSA) is 58.4 Å². The Morgan fingerprint density at radius 1 is 1.32 bits per heavy atom. The molecule has 0 aliphatic carbocycles. The van der Waals surface area contributed by atoms with Crippen molar-refractivity contribution in [3.63, 3.8) is 0 Å². The molecule has 0 unspecified atom stereocenters. The van der Waals surface area contributed by atoms with E-state index in [2.05, 4.69) is 10.3 Å². The van der Waals surface area contributed by atoms with E-state index in [1.165, 1.54) is 0 Å². The highest BCUT2D eigenvalue weighted by Gasteiger charge is 2.22. The quantitative estimate of drug-likeness (QED) is 0.823. The van der Waals surface area contributed by atoms with Crippen LogP contribution < -0.4 is 5.32 Å². The highest BCUT2D eigenvalue weighted by molar-refractivity contribution is 7.99. The number of oxazole rings is 1. The summed E-state index contributed by atoms with van der Waals surface area (Å²) in [6, 6.07) is 9.85. The number of thioether (sulfide) groups is 1. The van der Waals surface area contributed by atoms with Crippen molar-refractivity contribution in [1.82, 2.24) is 15.2 Å². The van der Waals surface area contributed by atoms with E-state index in [1.807, 2.05) is 42.3 Å². The fourth-order valence-electron chi connectivity index (χ4n) is 3.10. The van der Waals surface area contributed by atoms with Gasteiger partial charge in [0.2, 0.25) is 11.8 Å². The molecule has 0 spiro atoms. The first-order chi connectivity index (χ1) is 12.3. The van der Waals surface area contributed by atoms with Gasteiger partial charge in [0.15, 0.2) is 0 Å². The Balaban J connectivity index is 1.41. The second-order valence-corrected chi connectivity index (χ2v) is 7.37. The van der Waals surface area contributed by atoms with Crippen molar-refractivity contribution in [1.29, 1.82) is 0 Å². The van der Waals surface area contributed by atoms with Crippen LogP contribution in [0.3, 0.4) is 0 Å². The predicted octanol–water partition coefficient (Wildman–Crippen LogP) is 3.03. The summed E-state index contributed by atoms with van der Waals surface area (Å²) in [5.41, 5.74) is 1.85. The van der Waals surface area contributed by atoms with Crippen LogP contribution in [0.25, 0.3) is 11.5 Å². The van der Waals surface area contributed by atoms with Crippen molar-refractivity contribution in [3.05, 3.63) is 42.3 Å². The predicted molar refractivity (Wildman–Crippen MR) is 101 cm³/mol. The monoisotopic (exact) mass is 359 g/mol. The van der Waals surface area contributed by atoms with Crippen LogP contribution in [0.2, 0.25) is 0 Å². The molecule has 2 aromatic rings. The third-order valence-corrected chi connectivity index (χ3v) is 5.46. The van der Waals surface area contributed by atoms with Gasteiger partial charge in [-0.15, -0.1) is 11.8 Å². The van der Waals surface area contributed by atoms with Crippen LogP contribution in [0.1, 0.15) is 18.5 Å². The average Bonchev–Trinajstić information content (AvgIpc) is 3.12. The van der Waals surface area contributed by atoms with Crippen LogP contribution in [-0.2, 0) is 10.5 Å². The molecule has 0 radical (unpaired) electrons. The van der Waals surface area contributed by atoms with Gasteiger partial charge in [0, 0.05) is 24.4 Å². The summed E-state index contributed by atoms with van der Waals surface area (Å²) in [6.07, 6.45) is 3.88. The van der Waals surface area contributed by atoms with Crippen LogP contribution in [0.5, 0.6) is 0 Å². The molecule has 25 heavy (non-hydrogen) atoms. The van der Waals surface area contributed by atoms with Gasteiger partial charge in [-0.25, -0.2) is 4.98 Å². The number of likely N-dealkylation sites (tertiary alicyclic amines) is 1. The zero-order valence-electron chi connectivity index (χ0n) is 14.6. The van der Waals surface area contributed by atoms with E-state index >= 15 is 0 Å². The number of rotatable bonds is 7. The first kappa shape index (κ1) is 18.0. The first-order valence-electron chi connectivity index (χ1n) is 8.76. The number of benzene rings is 1. The molecule has 5 nitrogen and oxygen atoms in total. The number of carbonyl (C=O) groups excluding carboxylic acids is 1. The van der Waals surface area contributed by atoms with Crippen molar-refractivity contribution in [2.45, 2.75) is 18.6 Å². The van der Waals surface area contributed by atoms with Gasteiger partial charge in [0.1, 0.15) is 6.26 Å². The van der Waals surface area contributed by atoms with E-state index in [0.717, 1.165) is 43.7 Å². The number of nitrogens with zero attached hydrogens (tertiary/aromatic N) is 2. The third kappa shape index (κ3) is 5.09. The molecule has 3 rings (SSSR count). The van der Waals surface area contributed by atoms with E-state index in [-0.39, 0.29) is 5.91 Å². The Kier molecular flexibility index (Phi) is 6.53. The highest BCUT2D eigenvalue weighted by Crippen LogP contribution is 2.21. The summed E-state index contributed by atoms with van der Waals surface area (Å²) >= 11 is 1.60. The zero-order valence-corrected chi connectivity index (χ0v) is 15.4. The van der Waals surface area contributed by atoms with Gasteiger partial charge in [-0.2, -0.15) is 0 Å². The van der Waals surface area contributed by atoms with E-state index in [0.29, 0.717) is 23.3 Å². The number of carbonyl (C=O) groups is 1. The van der Waals surface area contributed by atoms with Gasteiger partial charge in [-0.1, -0.05) is 18.2 Å². The maximum atomic E-state index is 12.3. The molecule has 1 fully saturated rings. The lowest BCUT2D eigenvalue weighted by Crippen LogP contribution is -2.41. The normalized spacial score (nSPS) is 15.5. The minimum absolute atomic E-state index is 0.236. The summed E-state index contributed by atoms with van der Waals surface area (Å²) in [6.45, 7) is 2.81. The van der Waals surface area contributed by atoms with E-state index in [9.17, 15) is 4.79 Å². The van der Waals surface area contributed by atoms with Gasteiger partial charge in [0.25, 0.3) is 0 Å². The van der Waals surface area contributed by atoms with Gasteiger partial charge in [0.05, 0.1) is 11.4 Å². The van der Waals surface area contributed by atoms with Crippen molar-refractivity contribution in [2.75, 3.05) is 32.4 Å². The minimum atomic E-state index is 0.236. The van der Waals surface area contributed by atoms with Crippen LogP contribution in [0.4, 0.5) is 0 Å². The molecule has 1 aliphatic rings. The molecule has 6 heteroatoms. The fourth-order valence-corrected chi connectivity index (χ4v) is 3.90. The van der Waals surface area contributed by atoms with Crippen LogP contribution in [-0.4, -0.2) is 48.2 Å². The third-order valence-electron chi connectivity index (χ3n) is 4.51. The van der Waals surface area contributed by atoms with Gasteiger partial charge in [-0.3, -0.25) is 4.79 Å². The summed E-state index contributed by atoms with van der Waals surface area (Å²) in [7, 11) is 1.99. The summed E-state index contributed by atoms with van der Waals surface area (Å²) < 4.78 is 5.53. The standard InChI is InChI=1S/C19H25N3O2S/c1-20-11-15-7-9-22(10-8-15)18(23)14-25-13-17-12-24-19(21-17)16-5-3-2-4-6-16/h2-6,12,15,20H,7-11,13-14H2,1H3. The lowest BCUT2D eigenvalue weighted by molar-refractivity contribution is -0.129. The Morgan fingerprint density at radius 2 is 2.08 bits per heavy atom. The molecule has 0 bridgehead atoms. The molecule has 1 aromatic heterocycles. The first-order valence-corrected chi connectivity index (χ1v) is 9.91. The smallest absolute Gasteiger partial charge is 0.232 e. The molecule has 1 amide bonds. The van der Waals surface area contributed by atoms with Crippen molar-refractivity contribution < 1.29 is 9.21 Å². The molecular weight excluding hydrogens is 334 g/mol. The number of hydrogen-bond donors (Lipinski definition) is 1. The largest absolute Gasteiger partial charge is 0.444 e. The summed E-state index contributed by atoms with van der Waals surface area (Å²) in [5, 5.41) is 3.22. The Labute approximate surface area is 153 Å². The second kappa shape index (κ2) is 9.06. The van der Waals surface area contributed by atoms with E-state index in [1.54, 1.807) is 18.0 Å². The molecule has 1 aliphatic heterocycles. The number of hydrogen-bond acceptors (Lipinski definition) is 5. The summed E-state index contributed by atoms with van der Waals surface area (Å²) in [5.74, 6) is 2.77. The lowest BCUT2D eigenvalue weighted by Gasteiger charge is -2.31. The number of aromatic nitrogens is 1. The Bertz CT molecular complexity index is 666. The van der Waals surface area contributed by atoms with Crippen LogP contribution >= 0.6 is 11.8 Å². The summed E-state index contributed by atoms with van der Waals surface area (Å²) in [4.78, 5) is 18.8. The maximum absolute atomic E-state index is 12.3.